The summed E-state index contributed by atoms with van der Waals surface area (Å²) >= 11 is 0. The minimum Gasteiger partial charge on any atom is -0.507 e. The van der Waals surface area contributed by atoms with Gasteiger partial charge < -0.3 is 20.4 Å². The van der Waals surface area contributed by atoms with Crippen LogP contribution in [0.3, 0.4) is 0 Å². The van der Waals surface area contributed by atoms with E-state index in [4.69, 9.17) is 5.11 Å². The van der Waals surface area contributed by atoms with Gasteiger partial charge in [-0.05, 0) is 79.3 Å². The number of aliphatic hydroxyl groups excluding tert-OH is 3. The second-order valence-corrected chi connectivity index (χ2v) is 7.06. The number of aliphatic hydroxyl groups is 3. The van der Waals surface area contributed by atoms with Crippen LogP contribution in [0.25, 0.3) is 11.6 Å². The van der Waals surface area contributed by atoms with Crippen molar-refractivity contribution in [3.05, 3.63) is 71.6 Å². The summed E-state index contributed by atoms with van der Waals surface area (Å²) in [4.78, 5) is 4.42. The summed E-state index contributed by atoms with van der Waals surface area (Å²) < 4.78 is 0. The molecule has 0 saturated heterocycles. The number of rotatable bonds is 9. The van der Waals surface area contributed by atoms with Gasteiger partial charge in [-0.25, -0.2) is 0 Å². The summed E-state index contributed by atoms with van der Waals surface area (Å²) in [7, 11) is 0. The minimum absolute atomic E-state index is 0.291. The van der Waals surface area contributed by atoms with Gasteiger partial charge in [0.25, 0.3) is 0 Å². The first kappa shape index (κ1) is 21.8. The Hall–Kier alpha value is -2.47. The van der Waals surface area contributed by atoms with Crippen LogP contribution >= 0.6 is 0 Å². The summed E-state index contributed by atoms with van der Waals surface area (Å²) in [6.45, 7) is 6.93. The summed E-state index contributed by atoms with van der Waals surface area (Å²) in [6, 6.07) is 9.47. The van der Waals surface area contributed by atoms with Crippen LogP contribution in [0, 0.1) is 19.8 Å². The predicted octanol–water partition coefficient (Wildman–Crippen LogP) is 3.24. The molecule has 5 heteroatoms. The zero-order valence-electron chi connectivity index (χ0n) is 16.4. The molecule has 28 heavy (non-hydrogen) atoms. The molecule has 5 nitrogen and oxygen atoms in total. The fraction of sp³-hybridized carbons (Fsp3) is 0.348. The summed E-state index contributed by atoms with van der Waals surface area (Å²) in [5.41, 5.74) is 4.27. The molecule has 0 aliphatic carbocycles. The molecule has 0 bridgehead atoms. The van der Waals surface area contributed by atoms with Gasteiger partial charge >= 0.3 is 0 Å². The van der Waals surface area contributed by atoms with E-state index in [1.807, 2.05) is 50.3 Å². The molecular formula is C23H29NO4. The number of aromatic nitrogens is 1. The molecule has 0 unspecified atom stereocenters. The summed E-state index contributed by atoms with van der Waals surface area (Å²) in [5.74, 6) is -0.313. The van der Waals surface area contributed by atoms with Crippen LogP contribution in [0.5, 0.6) is 5.75 Å². The lowest BCUT2D eigenvalue weighted by atomic mass is 9.90. The number of allylic oxidation sites excluding steroid dienone is 1. The van der Waals surface area contributed by atoms with Crippen molar-refractivity contribution in [1.29, 1.82) is 0 Å². The zero-order valence-corrected chi connectivity index (χ0v) is 16.4. The van der Waals surface area contributed by atoms with Crippen LogP contribution < -0.4 is 0 Å². The van der Waals surface area contributed by atoms with Crippen molar-refractivity contribution in [2.45, 2.75) is 38.9 Å². The van der Waals surface area contributed by atoms with Crippen molar-refractivity contribution in [1.82, 2.24) is 4.98 Å². The van der Waals surface area contributed by atoms with Crippen LogP contribution in [-0.4, -0.2) is 44.2 Å². The van der Waals surface area contributed by atoms with Crippen LogP contribution in [0.15, 0.2) is 49.2 Å². The number of aryl methyl sites for hydroxylation is 2. The van der Waals surface area contributed by atoms with Crippen LogP contribution in [0.4, 0.5) is 0 Å². The normalized spacial score (nSPS) is 15.1. The van der Waals surface area contributed by atoms with E-state index in [1.54, 1.807) is 6.20 Å². The number of phenolic OH excluding ortho intramolecular Hbond substituents is 1. The van der Waals surface area contributed by atoms with Crippen LogP contribution in [0.2, 0.25) is 0 Å². The lowest BCUT2D eigenvalue weighted by molar-refractivity contribution is 0.00256. The molecule has 4 N–H and O–H groups in total. The van der Waals surface area contributed by atoms with Gasteiger partial charge in [-0.15, -0.1) is 6.58 Å². The van der Waals surface area contributed by atoms with E-state index in [-0.39, 0.29) is 0 Å². The number of nitrogens with zero attached hydrogens (tertiary/aromatic N) is 1. The molecule has 1 heterocycles. The van der Waals surface area contributed by atoms with Gasteiger partial charge in [-0.1, -0.05) is 12.1 Å². The molecule has 0 aliphatic heterocycles. The molecule has 0 spiro atoms. The van der Waals surface area contributed by atoms with Gasteiger partial charge in [0.05, 0.1) is 24.5 Å². The van der Waals surface area contributed by atoms with E-state index in [2.05, 4.69) is 11.6 Å². The van der Waals surface area contributed by atoms with Gasteiger partial charge in [0, 0.05) is 12.1 Å². The molecule has 0 saturated carbocycles. The number of phenols is 1. The summed E-state index contributed by atoms with van der Waals surface area (Å²) in [5, 5.41) is 39.5. The van der Waals surface area contributed by atoms with Gasteiger partial charge in [-0.2, -0.15) is 0 Å². The van der Waals surface area contributed by atoms with Gasteiger partial charge in [0.15, 0.2) is 0 Å². The Morgan fingerprint density at radius 1 is 1.14 bits per heavy atom. The second-order valence-electron chi connectivity index (χ2n) is 7.06. The first-order chi connectivity index (χ1) is 13.4. The fourth-order valence-corrected chi connectivity index (χ4v) is 3.29. The second kappa shape index (κ2) is 10.2. The van der Waals surface area contributed by atoms with E-state index in [9.17, 15) is 15.3 Å². The number of benzene rings is 1. The van der Waals surface area contributed by atoms with Gasteiger partial charge in [0.2, 0.25) is 0 Å². The quantitative estimate of drug-likeness (QED) is 0.499. The third-order valence-corrected chi connectivity index (χ3v) is 4.91. The smallest absolute Gasteiger partial charge is 0.121 e. The van der Waals surface area contributed by atoms with Crippen molar-refractivity contribution in [3.63, 3.8) is 0 Å². The van der Waals surface area contributed by atoms with E-state index in [0.29, 0.717) is 18.6 Å². The molecule has 0 amide bonds. The maximum absolute atomic E-state index is 10.5. The molecule has 1 aromatic carbocycles. The molecular weight excluding hydrogens is 354 g/mol. The molecule has 0 aliphatic rings. The Balaban J connectivity index is 2.30. The molecule has 150 valence electrons. The van der Waals surface area contributed by atoms with Crippen molar-refractivity contribution in [2.75, 3.05) is 6.61 Å². The lowest BCUT2D eigenvalue weighted by Crippen LogP contribution is -2.32. The van der Waals surface area contributed by atoms with E-state index < -0.39 is 24.7 Å². The lowest BCUT2D eigenvalue weighted by Gasteiger charge is -2.23. The fourth-order valence-electron chi connectivity index (χ4n) is 3.29. The number of aromatic hydroxyl groups is 1. The number of hydrogen-bond donors (Lipinski definition) is 4. The average molecular weight is 383 g/mol. The largest absolute Gasteiger partial charge is 0.507 e. The molecule has 0 radical (unpaired) electrons. The molecule has 3 atom stereocenters. The molecule has 2 rings (SSSR count). The van der Waals surface area contributed by atoms with Gasteiger partial charge in [0.1, 0.15) is 5.75 Å². The summed E-state index contributed by atoms with van der Waals surface area (Å²) in [6.07, 6.45) is 4.22. The highest BCUT2D eigenvalue weighted by Crippen LogP contribution is 2.28. The standard InChI is InChI=1S/C23H29NO4/c1-4-19(22(27)14-25)21(26)9-8-18(20-7-5-6-10-24-20)13-17-11-15(2)23(28)16(3)12-17/h4-7,10-13,19,21-22,25-28H,1,8-9,14H2,2-3H3/b18-13-/t19-,21-,22-/m1/s1. The van der Waals surface area contributed by atoms with E-state index in [1.165, 1.54) is 6.08 Å². The predicted molar refractivity (Wildman–Crippen MR) is 112 cm³/mol. The van der Waals surface area contributed by atoms with E-state index in [0.717, 1.165) is 28.0 Å². The topological polar surface area (TPSA) is 93.8 Å². The number of hydrogen-bond acceptors (Lipinski definition) is 5. The first-order valence-electron chi connectivity index (χ1n) is 9.39. The van der Waals surface area contributed by atoms with Crippen molar-refractivity contribution in [2.24, 2.45) is 5.92 Å². The Bertz CT molecular complexity index is 794. The van der Waals surface area contributed by atoms with Crippen molar-refractivity contribution < 1.29 is 20.4 Å². The van der Waals surface area contributed by atoms with Gasteiger partial charge in [-0.3, -0.25) is 4.98 Å². The molecule has 2 aromatic rings. The highest BCUT2D eigenvalue weighted by molar-refractivity contribution is 5.80. The monoisotopic (exact) mass is 383 g/mol. The van der Waals surface area contributed by atoms with E-state index >= 15 is 0 Å². The van der Waals surface area contributed by atoms with Crippen molar-refractivity contribution in [3.8, 4) is 5.75 Å². The molecule has 0 fully saturated rings. The van der Waals surface area contributed by atoms with Crippen LogP contribution in [0.1, 0.15) is 35.2 Å². The Labute approximate surface area is 166 Å². The zero-order chi connectivity index (χ0) is 20.7. The highest BCUT2D eigenvalue weighted by Gasteiger charge is 2.23. The first-order valence-corrected chi connectivity index (χ1v) is 9.39. The third-order valence-electron chi connectivity index (χ3n) is 4.91. The Morgan fingerprint density at radius 3 is 2.36 bits per heavy atom. The number of pyridine rings is 1. The Morgan fingerprint density at radius 2 is 1.82 bits per heavy atom. The van der Waals surface area contributed by atoms with Crippen LogP contribution in [-0.2, 0) is 0 Å². The average Bonchev–Trinajstić information content (AvgIpc) is 2.70. The maximum Gasteiger partial charge on any atom is 0.121 e. The Kier molecular flexibility index (Phi) is 7.93. The SMILES string of the molecule is C=C[C@@H]([C@H](O)CO)[C@H](O)CC/C(=C/c1cc(C)c(O)c(C)c1)c1ccccn1. The molecule has 1 aromatic heterocycles. The minimum atomic E-state index is -1.04. The third kappa shape index (κ3) is 5.52. The highest BCUT2D eigenvalue weighted by atomic mass is 16.3. The van der Waals surface area contributed by atoms with Crippen molar-refractivity contribution >= 4 is 11.6 Å². The maximum atomic E-state index is 10.5.